The van der Waals surface area contributed by atoms with E-state index >= 15 is 0 Å². The Labute approximate surface area is 112 Å². The molecule has 0 aliphatic carbocycles. The second kappa shape index (κ2) is 4.77. The summed E-state index contributed by atoms with van der Waals surface area (Å²) in [4.78, 5) is 25.6. The molecular weight excluding hydrogens is 240 g/mol. The van der Waals surface area contributed by atoms with Gasteiger partial charge < -0.3 is 10.2 Å². The van der Waals surface area contributed by atoms with E-state index in [1.807, 2.05) is 38.1 Å². The minimum Gasteiger partial charge on any atom is -0.344 e. The molecule has 4 heteroatoms. The van der Waals surface area contributed by atoms with Gasteiger partial charge in [-0.3, -0.25) is 9.59 Å². The quantitative estimate of drug-likeness (QED) is 0.822. The molecule has 4 nitrogen and oxygen atoms in total. The van der Waals surface area contributed by atoms with Gasteiger partial charge >= 0.3 is 0 Å². The zero-order valence-corrected chi connectivity index (χ0v) is 11.1. The van der Waals surface area contributed by atoms with Gasteiger partial charge in [0.2, 0.25) is 11.8 Å². The van der Waals surface area contributed by atoms with E-state index in [4.69, 9.17) is 6.42 Å². The van der Waals surface area contributed by atoms with Crippen LogP contribution in [0, 0.1) is 12.3 Å². The molecule has 0 fully saturated rings. The van der Waals surface area contributed by atoms with E-state index in [-0.39, 0.29) is 24.9 Å². The highest BCUT2D eigenvalue weighted by molar-refractivity contribution is 6.10. The molecule has 1 heterocycles. The number of rotatable bonds is 3. The predicted octanol–water partition coefficient (Wildman–Crippen LogP) is 1.06. The van der Waals surface area contributed by atoms with Crippen molar-refractivity contribution >= 4 is 17.5 Å². The Morgan fingerprint density at radius 3 is 2.79 bits per heavy atom. The van der Waals surface area contributed by atoms with E-state index in [1.165, 1.54) is 4.90 Å². The van der Waals surface area contributed by atoms with Crippen LogP contribution in [-0.4, -0.2) is 24.9 Å². The normalized spacial score (nSPS) is 15.8. The van der Waals surface area contributed by atoms with E-state index in [9.17, 15) is 9.59 Å². The maximum Gasteiger partial charge on any atom is 0.240 e. The van der Waals surface area contributed by atoms with Gasteiger partial charge in [0.25, 0.3) is 0 Å². The summed E-state index contributed by atoms with van der Waals surface area (Å²) >= 11 is 0. The van der Waals surface area contributed by atoms with E-state index < -0.39 is 5.41 Å². The van der Waals surface area contributed by atoms with Gasteiger partial charge in [-0.25, -0.2) is 0 Å². The van der Waals surface area contributed by atoms with Crippen molar-refractivity contribution in [1.29, 1.82) is 0 Å². The molecule has 0 radical (unpaired) electrons. The lowest BCUT2D eigenvalue weighted by molar-refractivity contribution is -0.125. The summed E-state index contributed by atoms with van der Waals surface area (Å²) < 4.78 is 0. The van der Waals surface area contributed by atoms with Crippen molar-refractivity contribution < 1.29 is 9.59 Å². The van der Waals surface area contributed by atoms with Gasteiger partial charge in [-0.2, -0.15) is 0 Å². The average Bonchev–Trinajstić information content (AvgIpc) is 2.58. The molecule has 0 unspecified atom stereocenters. The number of nitrogens with one attached hydrogen (secondary N) is 1. The number of hydrogen-bond donors (Lipinski definition) is 1. The van der Waals surface area contributed by atoms with E-state index in [0.717, 1.165) is 11.3 Å². The standard InChI is InChI=1S/C15H16N2O2/c1-4-9-16-13(18)10-17-12-8-6-5-7-11(12)15(2,3)14(17)19/h1,5-8H,9-10H2,2-3H3,(H,16,18). The minimum absolute atomic E-state index is 0.000949. The summed E-state index contributed by atoms with van der Waals surface area (Å²) in [6.07, 6.45) is 5.09. The van der Waals surface area contributed by atoms with Crippen molar-refractivity contribution in [3.8, 4) is 12.3 Å². The van der Waals surface area contributed by atoms with Crippen LogP contribution in [0.25, 0.3) is 0 Å². The highest BCUT2D eigenvalue weighted by Crippen LogP contribution is 2.40. The zero-order chi connectivity index (χ0) is 14.0. The summed E-state index contributed by atoms with van der Waals surface area (Å²) in [5, 5.41) is 2.57. The van der Waals surface area contributed by atoms with Crippen LogP contribution in [0.15, 0.2) is 24.3 Å². The Hall–Kier alpha value is -2.28. The molecule has 1 aromatic carbocycles. The van der Waals surface area contributed by atoms with Gasteiger partial charge in [0.1, 0.15) is 6.54 Å². The SMILES string of the molecule is C#CCNC(=O)CN1C(=O)C(C)(C)c2ccccc21. The topological polar surface area (TPSA) is 49.4 Å². The van der Waals surface area contributed by atoms with Crippen LogP contribution >= 0.6 is 0 Å². The fourth-order valence-corrected chi connectivity index (χ4v) is 2.31. The van der Waals surface area contributed by atoms with Gasteiger partial charge in [-0.15, -0.1) is 6.42 Å². The van der Waals surface area contributed by atoms with Gasteiger partial charge in [0.15, 0.2) is 0 Å². The Bertz CT molecular complexity index is 570. The monoisotopic (exact) mass is 256 g/mol. The van der Waals surface area contributed by atoms with Crippen LogP contribution < -0.4 is 10.2 Å². The molecule has 2 rings (SSSR count). The summed E-state index contributed by atoms with van der Waals surface area (Å²) in [5.41, 5.74) is 1.15. The van der Waals surface area contributed by atoms with Crippen molar-refractivity contribution in [3.05, 3.63) is 29.8 Å². The largest absolute Gasteiger partial charge is 0.344 e. The second-order valence-electron chi connectivity index (χ2n) is 5.01. The molecule has 98 valence electrons. The number of anilines is 1. The summed E-state index contributed by atoms with van der Waals surface area (Å²) in [6, 6.07) is 7.54. The van der Waals surface area contributed by atoms with Crippen molar-refractivity contribution in [2.45, 2.75) is 19.3 Å². The second-order valence-corrected chi connectivity index (χ2v) is 5.01. The van der Waals surface area contributed by atoms with E-state index in [0.29, 0.717) is 0 Å². The van der Waals surface area contributed by atoms with Crippen molar-refractivity contribution in [1.82, 2.24) is 5.32 Å². The molecule has 1 aliphatic rings. The average molecular weight is 256 g/mol. The Balaban J connectivity index is 2.26. The van der Waals surface area contributed by atoms with Crippen LogP contribution in [0.1, 0.15) is 19.4 Å². The first-order valence-electron chi connectivity index (χ1n) is 6.10. The van der Waals surface area contributed by atoms with Gasteiger partial charge in [-0.1, -0.05) is 24.1 Å². The number of carbonyl (C=O) groups excluding carboxylic acids is 2. The summed E-state index contributed by atoms with van der Waals surface area (Å²) in [5.74, 6) is 2.02. The number of terminal acetylenes is 1. The number of amides is 2. The molecule has 0 bridgehead atoms. The lowest BCUT2D eigenvalue weighted by atomic mass is 9.86. The molecule has 0 aromatic heterocycles. The number of para-hydroxylation sites is 1. The number of benzene rings is 1. The predicted molar refractivity (Wildman–Crippen MR) is 73.7 cm³/mol. The van der Waals surface area contributed by atoms with E-state index in [2.05, 4.69) is 11.2 Å². The molecule has 0 spiro atoms. The Morgan fingerprint density at radius 2 is 2.11 bits per heavy atom. The van der Waals surface area contributed by atoms with Crippen LogP contribution in [-0.2, 0) is 15.0 Å². The Kier molecular flexibility index (Phi) is 3.30. The molecule has 1 N–H and O–H groups in total. The third-order valence-electron chi connectivity index (χ3n) is 3.34. The zero-order valence-electron chi connectivity index (χ0n) is 11.1. The van der Waals surface area contributed by atoms with E-state index in [1.54, 1.807) is 0 Å². The maximum absolute atomic E-state index is 12.4. The minimum atomic E-state index is -0.594. The first-order chi connectivity index (χ1) is 8.98. The molecule has 0 saturated heterocycles. The molecule has 1 aliphatic heterocycles. The number of hydrogen-bond acceptors (Lipinski definition) is 2. The molecule has 2 amide bonds. The molecule has 1 aromatic rings. The third kappa shape index (κ3) is 2.19. The molecule has 0 atom stereocenters. The first kappa shape index (κ1) is 13.2. The van der Waals surface area contributed by atoms with Crippen LogP contribution in [0.3, 0.4) is 0 Å². The van der Waals surface area contributed by atoms with Crippen LogP contribution in [0.4, 0.5) is 5.69 Å². The lowest BCUT2D eigenvalue weighted by Crippen LogP contribution is -2.42. The first-order valence-corrected chi connectivity index (χ1v) is 6.10. The number of nitrogens with zero attached hydrogens (tertiary/aromatic N) is 1. The van der Waals surface area contributed by atoms with Crippen molar-refractivity contribution in [2.75, 3.05) is 18.0 Å². The highest BCUT2D eigenvalue weighted by Gasteiger charge is 2.43. The lowest BCUT2D eigenvalue weighted by Gasteiger charge is -2.19. The smallest absolute Gasteiger partial charge is 0.240 e. The van der Waals surface area contributed by atoms with Crippen molar-refractivity contribution in [2.24, 2.45) is 0 Å². The molecule has 0 saturated carbocycles. The van der Waals surface area contributed by atoms with Gasteiger partial charge in [-0.05, 0) is 25.5 Å². The summed E-state index contributed by atoms with van der Waals surface area (Å²) in [7, 11) is 0. The molecule has 19 heavy (non-hydrogen) atoms. The fraction of sp³-hybridized carbons (Fsp3) is 0.333. The van der Waals surface area contributed by atoms with Crippen molar-refractivity contribution in [3.63, 3.8) is 0 Å². The number of carbonyl (C=O) groups is 2. The summed E-state index contributed by atoms with van der Waals surface area (Å²) in [6.45, 7) is 3.91. The molecular formula is C15H16N2O2. The van der Waals surface area contributed by atoms with Gasteiger partial charge in [0, 0.05) is 5.69 Å². The van der Waals surface area contributed by atoms with Gasteiger partial charge in [0.05, 0.1) is 12.0 Å². The third-order valence-corrected chi connectivity index (χ3v) is 3.34. The fourth-order valence-electron chi connectivity index (χ4n) is 2.31. The Morgan fingerprint density at radius 1 is 1.42 bits per heavy atom. The van der Waals surface area contributed by atoms with Crippen LogP contribution in [0.5, 0.6) is 0 Å². The number of fused-ring (bicyclic) bond motifs is 1. The highest BCUT2D eigenvalue weighted by atomic mass is 16.2. The maximum atomic E-state index is 12.4. The van der Waals surface area contributed by atoms with Crippen LogP contribution in [0.2, 0.25) is 0 Å².